The fraction of sp³-hybridized carbons (Fsp3) is 0.227. The van der Waals surface area contributed by atoms with Crippen LogP contribution in [-0.4, -0.2) is 31.7 Å². The van der Waals surface area contributed by atoms with Gasteiger partial charge in [0.05, 0.1) is 5.02 Å². The van der Waals surface area contributed by atoms with Crippen molar-refractivity contribution in [2.75, 3.05) is 18.4 Å². The standard InChI is InChI=1S/C22H21ClN2O3S2/c23-18-11-10-16(15-21(18)30(27,28)25-12-4-1-5-13-25)22(26)24-19-8-3-2-7-17(19)20-9-6-14-29-20/h2-3,6-11,14-15H,1,4-5,12-13H2,(H,24,26). The number of anilines is 1. The van der Waals surface area contributed by atoms with Crippen LogP contribution < -0.4 is 5.32 Å². The lowest BCUT2D eigenvalue weighted by atomic mass is 10.1. The minimum absolute atomic E-state index is 0.0229. The van der Waals surface area contributed by atoms with Gasteiger partial charge in [-0.1, -0.05) is 42.3 Å². The molecule has 4 rings (SSSR count). The predicted octanol–water partition coefficient (Wildman–Crippen LogP) is 5.50. The molecule has 3 aromatic rings. The van der Waals surface area contributed by atoms with E-state index in [-0.39, 0.29) is 21.4 Å². The minimum Gasteiger partial charge on any atom is -0.321 e. The smallest absolute Gasteiger partial charge is 0.255 e. The summed E-state index contributed by atoms with van der Waals surface area (Å²) in [6, 6.07) is 15.9. The van der Waals surface area contributed by atoms with Gasteiger partial charge in [-0.15, -0.1) is 11.3 Å². The van der Waals surface area contributed by atoms with E-state index >= 15 is 0 Å². The Hall–Kier alpha value is -2.19. The predicted molar refractivity (Wildman–Crippen MR) is 122 cm³/mol. The second kappa shape index (κ2) is 8.89. The molecule has 0 aliphatic carbocycles. The van der Waals surface area contributed by atoms with Gasteiger partial charge in [-0.05, 0) is 48.6 Å². The Labute approximate surface area is 185 Å². The Morgan fingerprint density at radius 2 is 1.77 bits per heavy atom. The van der Waals surface area contributed by atoms with Crippen LogP contribution in [0.2, 0.25) is 5.02 Å². The van der Waals surface area contributed by atoms with Gasteiger partial charge < -0.3 is 5.32 Å². The van der Waals surface area contributed by atoms with Gasteiger partial charge in [0.2, 0.25) is 10.0 Å². The highest BCUT2D eigenvalue weighted by molar-refractivity contribution is 7.89. The number of hydrogen-bond acceptors (Lipinski definition) is 4. The van der Waals surface area contributed by atoms with Crippen molar-refractivity contribution in [2.24, 2.45) is 0 Å². The highest BCUT2D eigenvalue weighted by Crippen LogP contribution is 2.32. The van der Waals surface area contributed by atoms with E-state index in [1.807, 2.05) is 41.8 Å². The molecule has 1 aliphatic rings. The van der Waals surface area contributed by atoms with E-state index in [1.165, 1.54) is 16.4 Å². The monoisotopic (exact) mass is 460 g/mol. The Bertz CT molecular complexity index is 1150. The summed E-state index contributed by atoms with van der Waals surface area (Å²) < 4.78 is 27.6. The summed E-state index contributed by atoms with van der Waals surface area (Å²) in [7, 11) is -3.74. The number of benzene rings is 2. The molecule has 2 heterocycles. The Kier molecular flexibility index (Phi) is 6.24. The molecule has 0 radical (unpaired) electrons. The lowest BCUT2D eigenvalue weighted by Crippen LogP contribution is -2.35. The van der Waals surface area contributed by atoms with Gasteiger partial charge in [-0.3, -0.25) is 4.79 Å². The fourth-order valence-electron chi connectivity index (χ4n) is 3.52. The molecule has 1 saturated heterocycles. The molecule has 2 aromatic carbocycles. The number of rotatable bonds is 5. The van der Waals surface area contributed by atoms with Crippen LogP contribution in [0.5, 0.6) is 0 Å². The molecular weight excluding hydrogens is 440 g/mol. The summed E-state index contributed by atoms with van der Waals surface area (Å²) in [6.45, 7) is 0.951. The zero-order chi connectivity index (χ0) is 21.1. The third-order valence-corrected chi connectivity index (χ3v) is 8.37. The number of para-hydroxylation sites is 1. The third-order valence-electron chi connectivity index (χ3n) is 5.09. The molecule has 1 amide bonds. The van der Waals surface area contributed by atoms with Gasteiger partial charge in [0.25, 0.3) is 5.91 Å². The SMILES string of the molecule is O=C(Nc1ccccc1-c1cccs1)c1ccc(Cl)c(S(=O)(=O)N2CCCCC2)c1. The highest BCUT2D eigenvalue weighted by Gasteiger charge is 2.28. The van der Waals surface area contributed by atoms with Gasteiger partial charge >= 0.3 is 0 Å². The summed E-state index contributed by atoms with van der Waals surface area (Å²) in [5.74, 6) is -0.384. The number of piperidine rings is 1. The third kappa shape index (κ3) is 4.30. The van der Waals surface area contributed by atoms with Crippen molar-refractivity contribution in [2.45, 2.75) is 24.2 Å². The number of hydrogen-bond donors (Lipinski definition) is 1. The van der Waals surface area contributed by atoms with Crippen LogP contribution in [-0.2, 0) is 10.0 Å². The zero-order valence-electron chi connectivity index (χ0n) is 16.2. The average molecular weight is 461 g/mol. The average Bonchev–Trinajstić information content (AvgIpc) is 3.29. The van der Waals surface area contributed by atoms with E-state index in [2.05, 4.69) is 5.32 Å². The highest BCUT2D eigenvalue weighted by atomic mass is 35.5. The number of carbonyl (C=O) groups is 1. The molecule has 30 heavy (non-hydrogen) atoms. The van der Waals surface area contributed by atoms with E-state index < -0.39 is 10.0 Å². The molecule has 156 valence electrons. The van der Waals surface area contributed by atoms with Crippen molar-refractivity contribution in [3.8, 4) is 10.4 Å². The lowest BCUT2D eigenvalue weighted by Gasteiger charge is -2.26. The van der Waals surface area contributed by atoms with Crippen LogP contribution >= 0.6 is 22.9 Å². The van der Waals surface area contributed by atoms with Gasteiger partial charge in [0, 0.05) is 34.8 Å². The Morgan fingerprint density at radius 3 is 2.50 bits per heavy atom. The molecule has 0 bridgehead atoms. The number of halogens is 1. The first kappa shape index (κ1) is 21.1. The minimum atomic E-state index is -3.74. The largest absolute Gasteiger partial charge is 0.321 e. The number of thiophene rings is 1. The van der Waals surface area contributed by atoms with Crippen LogP contribution in [0, 0.1) is 0 Å². The molecule has 1 aromatic heterocycles. The van der Waals surface area contributed by atoms with Gasteiger partial charge in [0.1, 0.15) is 4.90 Å². The first-order chi connectivity index (χ1) is 14.5. The number of nitrogens with zero attached hydrogens (tertiary/aromatic N) is 1. The second-order valence-electron chi connectivity index (χ2n) is 7.09. The maximum Gasteiger partial charge on any atom is 0.255 e. The Balaban J connectivity index is 1.63. The van der Waals surface area contributed by atoms with Crippen LogP contribution in [0.25, 0.3) is 10.4 Å². The van der Waals surface area contributed by atoms with Crippen molar-refractivity contribution >= 4 is 44.6 Å². The molecule has 5 nitrogen and oxygen atoms in total. The Morgan fingerprint density at radius 1 is 1.00 bits per heavy atom. The van der Waals surface area contributed by atoms with Crippen LogP contribution in [0.4, 0.5) is 5.69 Å². The van der Waals surface area contributed by atoms with E-state index in [9.17, 15) is 13.2 Å². The number of carbonyl (C=O) groups excluding carboxylic acids is 1. The molecule has 0 spiro atoms. The molecule has 8 heteroatoms. The van der Waals surface area contributed by atoms with Crippen molar-refractivity contribution in [3.05, 3.63) is 70.6 Å². The molecule has 0 atom stereocenters. The quantitative estimate of drug-likeness (QED) is 0.547. The molecule has 0 unspecified atom stereocenters. The van der Waals surface area contributed by atoms with E-state index in [1.54, 1.807) is 17.4 Å². The second-order valence-corrected chi connectivity index (χ2v) is 10.3. The van der Waals surface area contributed by atoms with Crippen molar-refractivity contribution in [1.29, 1.82) is 0 Å². The summed E-state index contributed by atoms with van der Waals surface area (Å²) in [5.41, 5.74) is 1.83. The van der Waals surface area contributed by atoms with Crippen LogP contribution in [0.3, 0.4) is 0 Å². The first-order valence-electron chi connectivity index (χ1n) is 9.71. The molecule has 0 saturated carbocycles. The molecule has 1 N–H and O–H groups in total. The maximum absolute atomic E-state index is 13.1. The van der Waals surface area contributed by atoms with Crippen molar-refractivity contribution in [3.63, 3.8) is 0 Å². The topological polar surface area (TPSA) is 66.5 Å². The van der Waals surface area contributed by atoms with Crippen LogP contribution in [0.15, 0.2) is 64.9 Å². The van der Waals surface area contributed by atoms with Gasteiger partial charge in [-0.2, -0.15) is 4.31 Å². The molecule has 1 fully saturated rings. The summed E-state index contributed by atoms with van der Waals surface area (Å²) in [4.78, 5) is 14.0. The van der Waals surface area contributed by atoms with Gasteiger partial charge in [-0.25, -0.2) is 8.42 Å². The summed E-state index contributed by atoms with van der Waals surface area (Å²) >= 11 is 7.80. The first-order valence-corrected chi connectivity index (χ1v) is 12.4. The van der Waals surface area contributed by atoms with Crippen molar-refractivity contribution in [1.82, 2.24) is 4.31 Å². The van der Waals surface area contributed by atoms with Crippen LogP contribution in [0.1, 0.15) is 29.6 Å². The van der Waals surface area contributed by atoms with Gasteiger partial charge in [0.15, 0.2) is 0 Å². The summed E-state index contributed by atoms with van der Waals surface area (Å²) in [5, 5.41) is 5.01. The lowest BCUT2D eigenvalue weighted by molar-refractivity contribution is 0.102. The fourth-order valence-corrected chi connectivity index (χ4v) is 6.30. The number of sulfonamides is 1. The maximum atomic E-state index is 13.1. The van der Waals surface area contributed by atoms with E-state index in [0.29, 0.717) is 18.8 Å². The normalized spacial score (nSPS) is 15.1. The van der Waals surface area contributed by atoms with Crippen molar-refractivity contribution < 1.29 is 13.2 Å². The zero-order valence-corrected chi connectivity index (χ0v) is 18.6. The van der Waals surface area contributed by atoms with E-state index in [4.69, 9.17) is 11.6 Å². The number of amides is 1. The molecular formula is C22H21ClN2O3S2. The molecule has 1 aliphatic heterocycles. The van der Waals surface area contributed by atoms with E-state index in [0.717, 1.165) is 29.7 Å². The summed E-state index contributed by atoms with van der Waals surface area (Å²) in [6.07, 6.45) is 2.68. The number of nitrogens with one attached hydrogen (secondary N) is 1.